The number of methoxy groups -OCH3 is 1. The van der Waals surface area contributed by atoms with Crippen LogP contribution < -0.4 is 10.6 Å². The van der Waals surface area contributed by atoms with E-state index in [9.17, 15) is 0 Å². The molecule has 0 saturated carbocycles. The molecule has 150 valence electrons. The molecule has 1 aliphatic heterocycles. The van der Waals surface area contributed by atoms with Crippen LogP contribution in [0.3, 0.4) is 0 Å². The highest BCUT2D eigenvalue weighted by molar-refractivity contribution is 14.0. The first-order valence-corrected chi connectivity index (χ1v) is 9.38. The van der Waals surface area contributed by atoms with Crippen molar-refractivity contribution in [1.82, 2.24) is 30.3 Å². The Morgan fingerprint density at radius 1 is 1.35 bits per heavy atom. The fraction of sp³-hybridized carbons (Fsp3) is 0.824. The predicted molar refractivity (Wildman–Crippen MR) is 115 cm³/mol. The zero-order valence-corrected chi connectivity index (χ0v) is 18.8. The molecular weight excluding hydrogens is 445 g/mol. The van der Waals surface area contributed by atoms with E-state index in [1.165, 1.54) is 0 Å². The van der Waals surface area contributed by atoms with Crippen molar-refractivity contribution in [3.05, 3.63) is 11.6 Å². The van der Waals surface area contributed by atoms with Gasteiger partial charge in [0.1, 0.15) is 12.4 Å². The predicted octanol–water partition coefficient (Wildman–Crippen LogP) is 1.25. The average Bonchev–Trinajstić information content (AvgIpc) is 3.01. The molecule has 1 aromatic rings. The van der Waals surface area contributed by atoms with E-state index in [1.807, 2.05) is 4.68 Å². The lowest BCUT2D eigenvalue weighted by molar-refractivity contribution is 0.177. The third-order valence-corrected chi connectivity index (χ3v) is 4.44. The summed E-state index contributed by atoms with van der Waals surface area (Å²) in [4.78, 5) is 11.6. The van der Waals surface area contributed by atoms with Gasteiger partial charge < -0.3 is 20.3 Å². The fourth-order valence-corrected chi connectivity index (χ4v) is 3.03. The number of halogens is 1. The summed E-state index contributed by atoms with van der Waals surface area (Å²) in [6.07, 6.45) is 1.96. The summed E-state index contributed by atoms with van der Waals surface area (Å²) >= 11 is 0. The van der Waals surface area contributed by atoms with Crippen molar-refractivity contribution in [3.63, 3.8) is 0 Å². The lowest BCUT2D eigenvalue weighted by atomic mass is 10.1. The van der Waals surface area contributed by atoms with Gasteiger partial charge in [-0.1, -0.05) is 13.8 Å². The Balaban J connectivity index is 0.00000338. The first kappa shape index (κ1) is 23.1. The number of likely N-dealkylation sites (N-methyl/N-ethyl adjacent to an activating group) is 1. The molecule has 2 heterocycles. The molecule has 0 bridgehead atoms. The first-order chi connectivity index (χ1) is 12.2. The van der Waals surface area contributed by atoms with E-state index < -0.39 is 0 Å². The number of aryl methyl sites for hydroxylation is 1. The largest absolute Gasteiger partial charge is 0.377 e. The van der Waals surface area contributed by atoms with Crippen LogP contribution in [0.25, 0.3) is 0 Å². The SMILES string of the molecule is CCNC(=NCCN(CC)CC)NC1CCc2nc(COC)nn2C1.I. The lowest BCUT2D eigenvalue weighted by Crippen LogP contribution is -2.47. The second-order valence-corrected chi connectivity index (χ2v) is 6.23. The first-order valence-electron chi connectivity index (χ1n) is 9.38. The van der Waals surface area contributed by atoms with Crippen LogP contribution in [0.2, 0.25) is 0 Å². The van der Waals surface area contributed by atoms with Gasteiger partial charge in [0.25, 0.3) is 0 Å². The molecule has 1 aliphatic rings. The molecular formula is C17H34IN7O. The topological polar surface area (TPSA) is 79.6 Å². The van der Waals surface area contributed by atoms with Crippen LogP contribution in [0.15, 0.2) is 4.99 Å². The van der Waals surface area contributed by atoms with E-state index >= 15 is 0 Å². The van der Waals surface area contributed by atoms with Crippen molar-refractivity contribution in [2.75, 3.05) is 39.8 Å². The number of aliphatic imine (C=N–C) groups is 1. The van der Waals surface area contributed by atoms with E-state index in [4.69, 9.17) is 9.73 Å². The maximum Gasteiger partial charge on any atom is 0.191 e. The minimum Gasteiger partial charge on any atom is -0.377 e. The molecule has 2 rings (SSSR count). The van der Waals surface area contributed by atoms with Gasteiger partial charge in [0, 0.05) is 32.7 Å². The standard InChI is InChI=1S/C17H33N7O.HI/c1-5-18-17(19-10-11-23(6-2)7-3)20-14-8-9-16-21-15(13-25-4)22-24(16)12-14;/h14H,5-13H2,1-4H3,(H2,18,19,20);1H. The van der Waals surface area contributed by atoms with Crippen LogP contribution in [0.1, 0.15) is 38.8 Å². The number of rotatable bonds is 9. The molecule has 1 atom stereocenters. The highest BCUT2D eigenvalue weighted by Crippen LogP contribution is 2.13. The molecule has 0 amide bonds. The Morgan fingerprint density at radius 3 is 2.77 bits per heavy atom. The fourth-order valence-electron chi connectivity index (χ4n) is 3.03. The van der Waals surface area contributed by atoms with Gasteiger partial charge in [-0.05, 0) is 26.4 Å². The van der Waals surface area contributed by atoms with E-state index in [2.05, 4.69) is 46.4 Å². The van der Waals surface area contributed by atoms with Gasteiger partial charge >= 0.3 is 0 Å². The number of hydrogen-bond acceptors (Lipinski definition) is 5. The number of aromatic nitrogens is 3. The Labute approximate surface area is 174 Å². The minimum atomic E-state index is 0. The highest BCUT2D eigenvalue weighted by atomic mass is 127. The summed E-state index contributed by atoms with van der Waals surface area (Å²) < 4.78 is 7.12. The van der Waals surface area contributed by atoms with Gasteiger partial charge in [-0.15, -0.1) is 24.0 Å². The van der Waals surface area contributed by atoms with Crippen molar-refractivity contribution in [3.8, 4) is 0 Å². The summed E-state index contributed by atoms with van der Waals surface area (Å²) in [5, 5.41) is 11.4. The van der Waals surface area contributed by atoms with Crippen molar-refractivity contribution in [2.45, 2.75) is 52.8 Å². The number of fused-ring (bicyclic) bond motifs is 1. The minimum absolute atomic E-state index is 0. The molecule has 0 spiro atoms. The average molecular weight is 479 g/mol. The lowest BCUT2D eigenvalue weighted by Gasteiger charge is -2.25. The van der Waals surface area contributed by atoms with Crippen molar-refractivity contribution in [2.24, 2.45) is 4.99 Å². The highest BCUT2D eigenvalue weighted by Gasteiger charge is 2.22. The van der Waals surface area contributed by atoms with Crippen LogP contribution in [-0.4, -0.2) is 71.5 Å². The van der Waals surface area contributed by atoms with Gasteiger partial charge in [-0.2, -0.15) is 5.10 Å². The van der Waals surface area contributed by atoms with Crippen molar-refractivity contribution >= 4 is 29.9 Å². The molecule has 0 saturated heterocycles. The Hall–Kier alpha value is -0.940. The Morgan fingerprint density at radius 2 is 2.12 bits per heavy atom. The van der Waals surface area contributed by atoms with E-state index in [0.717, 1.165) is 69.7 Å². The number of nitrogens with one attached hydrogen (secondary N) is 2. The molecule has 2 N–H and O–H groups in total. The molecule has 9 heteroatoms. The summed E-state index contributed by atoms with van der Waals surface area (Å²) in [6.45, 7) is 12.5. The summed E-state index contributed by atoms with van der Waals surface area (Å²) in [6, 6.07) is 0.316. The molecule has 26 heavy (non-hydrogen) atoms. The van der Waals surface area contributed by atoms with Crippen LogP contribution in [-0.2, 0) is 24.3 Å². The third-order valence-electron chi connectivity index (χ3n) is 4.44. The maximum atomic E-state index is 5.12. The van der Waals surface area contributed by atoms with Gasteiger partial charge in [0.2, 0.25) is 0 Å². The smallest absolute Gasteiger partial charge is 0.191 e. The molecule has 8 nitrogen and oxygen atoms in total. The van der Waals surface area contributed by atoms with E-state index in [0.29, 0.717) is 12.6 Å². The zero-order chi connectivity index (χ0) is 18.1. The summed E-state index contributed by atoms with van der Waals surface area (Å²) in [5.74, 6) is 2.70. The van der Waals surface area contributed by atoms with Crippen LogP contribution in [0, 0.1) is 0 Å². The number of ether oxygens (including phenoxy) is 1. The molecule has 1 aromatic heterocycles. The monoisotopic (exact) mass is 479 g/mol. The Bertz CT molecular complexity index is 545. The third kappa shape index (κ3) is 6.99. The van der Waals surface area contributed by atoms with Gasteiger partial charge in [-0.3, -0.25) is 4.99 Å². The van der Waals surface area contributed by atoms with Crippen LogP contribution in [0.5, 0.6) is 0 Å². The summed E-state index contributed by atoms with van der Waals surface area (Å²) in [7, 11) is 1.67. The zero-order valence-electron chi connectivity index (χ0n) is 16.5. The van der Waals surface area contributed by atoms with Gasteiger partial charge in [-0.25, -0.2) is 9.67 Å². The van der Waals surface area contributed by atoms with Crippen molar-refractivity contribution < 1.29 is 4.74 Å². The van der Waals surface area contributed by atoms with Crippen molar-refractivity contribution in [1.29, 1.82) is 0 Å². The quantitative estimate of drug-likeness (QED) is 0.316. The Kier molecular flexibility index (Phi) is 11.1. The van der Waals surface area contributed by atoms with E-state index in [-0.39, 0.29) is 24.0 Å². The molecule has 0 aromatic carbocycles. The molecule has 1 unspecified atom stereocenters. The number of guanidine groups is 1. The van der Waals surface area contributed by atoms with Gasteiger partial charge in [0.15, 0.2) is 11.8 Å². The second-order valence-electron chi connectivity index (χ2n) is 6.23. The number of hydrogen-bond donors (Lipinski definition) is 2. The molecule has 0 aliphatic carbocycles. The molecule has 0 radical (unpaired) electrons. The maximum absolute atomic E-state index is 5.12. The molecule has 0 fully saturated rings. The summed E-state index contributed by atoms with van der Waals surface area (Å²) in [5.41, 5.74) is 0. The van der Waals surface area contributed by atoms with Crippen LogP contribution in [0.4, 0.5) is 0 Å². The van der Waals surface area contributed by atoms with Gasteiger partial charge in [0.05, 0.1) is 13.1 Å². The second kappa shape index (κ2) is 12.4. The van der Waals surface area contributed by atoms with Crippen LogP contribution >= 0.6 is 24.0 Å². The normalized spacial score (nSPS) is 17.0. The van der Waals surface area contributed by atoms with E-state index in [1.54, 1.807) is 7.11 Å². The number of nitrogens with zero attached hydrogens (tertiary/aromatic N) is 5.